The first kappa shape index (κ1) is 7.73. The normalized spacial score (nSPS) is 33.6. The van der Waals surface area contributed by atoms with E-state index in [4.69, 9.17) is 9.57 Å². The maximum absolute atomic E-state index is 11.0. The number of nitrogens with zero attached hydrogens (tertiary/aromatic N) is 1. The van der Waals surface area contributed by atoms with Gasteiger partial charge >= 0.3 is 0 Å². The second-order valence-electron chi connectivity index (χ2n) is 3.15. The summed E-state index contributed by atoms with van der Waals surface area (Å²) in [5, 5.41) is 3.77. The molecule has 0 amide bonds. The highest BCUT2D eigenvalue weighted by atomic mass is 16.6. The fourth-order valence-electron chi connectivity index (χ4n) is 1.62. The Morgan fingerprint density at radius 3 is 3.25 bits per heavy atom. The van der Waals surface area contributed by atoms with E-state index in [2.05, 4.69) is 5.16 Å². The van der Waals surface area contributed by atoms with Crippen LogP contribution in [0.1, 0.15) is 13.3 Å². The van der Waals surface area contributed by atoms with Gasteiger partial charge in [0.2, 0.25) is 0 Å². The monoisotopic (exact) mass is 169 g/mol. The molecule has 4 heteroatoms. The highest BCUT2D eigenvalue weighted by molar-refractivity contribution is 6.40. The minimum Gasteiger partial charge on any atom is -0.391 e. The Kier molecular flexibility index (Phi) is 1.84. The van der Waals surface area contributed by atoms with Crippen molar-refractivity contribution in [2.75, 3.05) is 13.2 Å². The van der Waals surface area contributed by atoms with Crippen molar-refractivity contribution >= 4 is 11.5 Å². The highest BCUT2D eigenvalue weighted by Gasteiger charge is 2.38. The number of hydrogen-bond donors (Lipinski definition) is 0. The summed E-state index contributed by atoms with van der Waals surface area (Å²) in [7, 11) is 0. The van der Waals surface area contributed by atoms with E-state index in [0.29, 0.717) is 18.9 Å². The Bertz CT molecular complexity index is 236. The van der Waals surface area contributed by atoms with E-state index in [9.17, 15) is 4.79 Å². The summed E-state index contributed by atoms with van der Waals surface area (Å²) < 4.78 is 5.25. The molecule has 0 spiro atoms. The van der Waals surface area contributed by atoms with Crippen molar-refractivity contribution in [2.45, 2.75) is 19.4 Å². The molecule has 2 aliphatic rings. The lowest BCUT2D eigenvalue weighted by atomic mass is 9.93. The van der Waals surface area contributed by atoms with Crippen molar-refractivity contribution in [3.63, 3.8) is 0 Å². The molecule has 0 aromatic carbocycles. The van der Waals surface area contributed by atoms with Gasteiger partial charge in [0.25, 0.3) is 0 Å². The fraction of sp³-hybridized carbons (Fsp3) is 0.750. The number of carbonyl (C=O) groups excluding carboxylic acids is 1. The summed E-state index contributed by atoms with van der Waals surface area (Å²) in [4.78, 5) is 16.2. The molecular formula is C8H11NO3. The van der Waals surface area contributed by atoms with Gasteiger partial charge in [-0.05, 0) is 0 Å². The van der Waals surface area contributed by atoms with Crippen LogP contribution in [0.3, 0.4) is 0 Å². The van der Waals surface area contributed by atoms with Crippen molar-refractivity contribution in [1.29, 1.82) is 0 Å². The molecule has 2 heterocycles. The molecule has 12 heavy (non-hydrogen) atoms. The lowest BCUT2D eigenvalue weighted by Gasteiger charge is -2.22. The molecule has 2 rings (SSSR count). The Labute approximate surface area is 70.5 Å². The van der Waals surface area contributed by atoms with Crippen LogP contribution in [-0.2, 0) is 14.4 Å². The van der Waals surface area contributed by atoms with Crippen LogP contribution in [0.25, 0.3) is 0 Å². The van der Waals surface area contributed by atoms with Gasteiger partial charge in [-0.2, -0.15) is 0 Å². The minimum atomic E-state index is -0.00648. The van der Waals surface area contributed by atoms with Crippen molar-refractivity contribution in [3.05, 3.63) is 0 Å². The van der Waals surface area contributed by atoms with Crippen LogP contribution in [0.15, 0.2) is 5.16 Å². The number of fused-ring (bicyclic) bond motifs is 1. The molecule has 1 fully saturated rings. The Morgan fingerprint density at radius 2 is 2.50 bits per heavy atom. The largest absolute Gasteiger partial charge is 0.391 e. The predicted molar refractivity (Wildman–Crippen MR) is 41.9 cm³/mol. The maximum Gasteiger partial charge on any atom is 0.177 e. The van der Waals surface area contributed by atoms with Crippen molar-refractivity contribution in [2.24, 2.45) is 11.1 Å². The topological polar surface area (TPSA) is 47.9 Å². The van der Waals surface area contributed by atoms with Crippen LogP contribution in [-0.4, -0.2) is 30.8 Å². The summed E-state index contributed by atoms with van der Waals surface area (Å²) in [6, 6.07) is 0. The molecule has 0 radical (unpaired) electrons. The second kappa shape index (κ2) is 2.86. The number of Topliss-reactive ketones (excluding diaryl/α,β-unsaturated/α-hetero) is 1. The van der Waals surface area contributed by atoms with E-state index < -0.39 is 0 Å². The van der Waals surface area contributed by atoms with Crippen LogP contribution in [0.5, 0.6) is 0 Å². The first-order valence-corrected chi connectivity index (χ1v) is 4.11. The van der Waals surface area contributed by atoms with E-state index in [0.717, 1.165) is 6.42 Å². The molecule has 4 nitrogen and oxygen atoms in total. The number of hydrogen-bond acceptors (Lipinski definition) is 4. The fourth-order valence-corrected chi connectivity index (χ4v) is 1.62. The first-order valence-electron chi connectivity index (χ1n) is 4.11. The molecule has 0 bridgehead atoms. The van der Waals surface area contributed by atoms with Crippen molar-refractivity contribution < 1.29 is 14.4 Å². The smallest absolute Gasteiger partial charge is 0.177 e. The summed E-state index contributed by atoms with van der Waals surface area (Å²) in [6.07, 6.45) is 0.919. The zero-order chi connectivity index (χ0) is 8.55. The van der Waals surface area contributed by atoms with Crippen LogP contribution in [0, 0.1) is 5.92 Å². The first-order chi connectivity index (χ1) is 5.79. The molecule has 2 aliphatic heterocycles. The summed E-state index contributed by atoms with van der Waals surface area (Å²) in [5.41, 5.74) is 0.541. The van der Waals surface area contributed by atoms with E-state index in [-0.39, 0.29) is 17.8 Å². The zero-order valence-corrected chi connectivity index (χ0v) is 6.95. The van der Waals surface area contributed by atoms with Crippen LogP contribution >= 0.6 is 0 Å². The van der Waals surface area contributed by atoms with Gasteiger partial charge in [0.05, 0.1) is 19.1 Å². The zero-order valence-electron chi connectivity index (χ0n) is 6.95. The third-order valence-electron chi connectivity index (χ3n) is 2.29. The maximum atomic E-state index is 11.0. The SMILES string of the molecule is CC(=O)C1=NO[C@@H]2CCOC[C@H]12. The van der Waals surface area contributed by atoms with Crippen molar-refractivity contribution in [3.8, 4) is 0 Å². The van der Waals surface area contributed by atoms with Gasteiger partial charge in [-0.1, -0.05) is 5.16 Å². The molecule has 66 valence electrons. The number of ketones is 1. The van der Waals surface area contributed by atoms with E-state index in [1.165, 1.54) is 6.92 Å². The van der Waals surface area contributed by atoms with Gasteiger partial charge in [-0.25, -0.2) is 0 Å². The van der Waals surface area contributed by atoms with Gasteiger partial charge in [0.1, 0.15) is 11.8 Å². The van der Waals surface area contributed by atoms with Gasteiger partial charge in [0, 0.05) is 13.3 Å². The van der Waals surface area contributed by atoms with Crippen LogP contribution in [0.2, 0.25) is 0 Å². The average Bonchev–Trinajstić information content (AvgIpc) is 2.47. The Morgan fingerprint density at radius 1 is 1.67 bits per heavy atom. The molecule has 0 N–H and O–H groups in total. The lowest BCUT2D eigenvalue weighted by Crippen LogP contribution is -2.36. The quantitative estimate of drug-likeness (QED) is 0.569. The summed E-state index contributed by atoms with van der Waals surface area (Å²) in [6.45, 7) is 2.80. The number of oxime groups is 1. The Balaban J connectivity index is 2.13. The Hall–Kier alpha value is -0.900. The summed E-state index contributed by atoms with van der Waals surface area (Å²) in [5.74, 6) is 0.0734. The molecule has 0 aromatic rings. The lowest BCUT2D eigenvalue weighted by molar-refractivity contribution is -0.111. The van der Waals surface area contributed by atoms with Crippen molar-refractivity contribution in [1.82, 2.24) is 0 Å². The van der Waals surface area contributed by atoms with Gasteiger partial charge in [0.15, 0.2) is 5.78 Å². The number of rotatable bonds is 1. The molecule has 0 aliphatic carbocycles. The summed E-state index contributed by atoms with van der Waals surface area (Å²) >= 11 is 0. The molecule has 0 aromatic heterocycles. The van der Waals surface area contributed by atoms with E-state index in [1.54, 1.807) is 0 Å². The molecule has 2 atom stereocenters. The van der Waals surface area contributed by atoms with Gasteiger partial charge in [-0.3, -0.25) is 4.79 Å². The molecule has 0 unspecified atom stereocenters. The number of ether oxygens (including phenoxy) is 1. The molecule has 1 saturated heterocycles. The standard InChI is InChI=1S/C8H11NO3/c1-5(10)8-6-4-11-3-2-7(6)12-9-8/h6-7H,2-4H2,1H3/t6-,7+/m0/s1. The molecular weight excluding hydrogens is 158 g/mol. The van der Waals surface area contributed by atoms with E-state index in [1.807, 2.05) is 0 Å². The minimum absolute atomic E-state index is 0.00648. The highest BCUT2D eigenvalue weighted by Crippen LogP contribution is 2.25. The van der Waals surface area contributed by atoms with Crippen LogP contribution < -0.4 is 0 Å². The van der Waals surface area contributed by atoms with Gasteiger partial charge in [-0.15, -0.1) is 0 Å². The number of carbonyl (C=O) groups is 1. The second-order valence-corrected chi connectivity index (χ2v) is 3.15. The van der Waals surface area contributed by atoms with Crippen LogP contribution in [0.4, 0.5) is 0 Å². The predicted octanol–water partition coefficient (Wildman–Crippen LogP) is 0.367. The third-order valence-corrected chi connectivity index (χ3v) is 2.29. The van der Waals surface area contributed by atoms with E-state index >= 15 is 0 Å². The molecule has 0 saturated carbocycles. The average molecular weight is 169 g/mol. The third kappa shape index (κ3) is 1.12. The van der Waals surface area contributed by atoms with Gasteiger partial charge < -0.3 is 9.57 Å².